The molecule has 2 amide bonds. The van der Waals surface area contributed by atoms with Crippen LogP contribution in [0.15, 0.2) is 69.2 Å². The van der Waals surface area contributed by atoms with Crippen molar-refractivity contribution in [3.63, 3.8) is 0 Å². The van der Waals surface area contributed by atoms with Gasteiger partial charge in [-0.1, -0.05) is 27.6 Å². The number of alkyl halides is 6. The SMILES string of the molecule is COc1cc(Br)cc([C@H]2C3=CC[C@@H]4C(=O)N(c5cc(C(F)(F)F)cc(C(F)(F)F)c5)C(=O)[C@@H]4[C@@H]3CC3=C2C(=O)C=C(C)C3=O)c1O. The molecular weight excluding hydrogens is 688 g/mol. The van der Waals surface area contributed by atoms with Crippen molar-refractivity contribution in [2.24, 2.45) is 17.8 Å². The Hall–Kier alpha value is -4.20. The highest BCUT2D eigenvalue weighted by Gasteiger charge is 2.57. The number of fused-ring (bicyclic) bond motifs is 3. The minimum Gasteiger partial charge on any atom is -0.504 e. The Bertz CT molecular complexity index is 1820. The number of Topliss-reactive ketones (excluding diaryl/α,β-unsaturated/α-hetero) is 1. The Morgan fingerprint density at radius 2 is 1.54 bits per heavy atom. The number of hydrogen-bond acceptors (Lipinski definition) is 6. The molecule has 3 aliphatic carbocycles. The topological polar surface area (TPSA) is 101 Å². The number of carbonyl (C=O) groups is 4. The monoisotopic (exact) mass is 709 g/mol. The summed E-state index contributed by atoms with van der Waals surface area (Å²) in [6.07, 6.45) is -7.98. The lowest BCUT2D eigenvalue weighted by Crippen LogP contribution is -2.39. The Labute approximate surface area is 265 Å². The van der Waals surface area contributed by atoms with Gasteiger partial charge in [-0.15, -0.1) is 0 Å². The van der Waals surface area contributed by atoms with E-state index in [1.165, 1.54) is 32.2 Å². The Kier molecular flexibility index (Phi) is 7.37. The van der Waals surface area contributed by atoms with Crippen LogP contribution in [0.2, 0.25) is 0 Å². The number of allylic oxidation sites excluding steroid dienone is 6. The number of carbonyl (C=O) groups excluding carboxylic acids is 4. The number of ether oxygens (including phenoxy) is 1. The summed E-state index contributed by atoms with van der Waals surface area (Å²) in [5.41, 5.74) is -3.45. The molecule has 1 aliphatic heterocycles. The van der Waals surface area contributed by atoms with Crippen LogP contribution in [0.25, 0.3) is 0 Å². The molecule has 6 rings (SSSR count). The molecule has 0 bridgehead atoms. The van der Waals surface area contributed by atoms with Crippen molar-refractivity contribution < 1.29 is 55.4 Å². The van der Waals surface area contributed by atoms with Crippen molar-refractivity contribution in [3.8, 4) is 11.5 Å². The standard InChI is InChI=1S/C32H22BrF6NO6/c1-12-5-22(41)26-21(27(12)42)11-19-17(24(26)20-9-15(33)10-23(46-2)28(20)43)3-4-18-25(19)30(45)40(29(18)44)16-7-13(31(34,35)36)6-14(8-16)32(37,38)39/h3,5-10,18-19,24-25,43H,4,11H2,1-2H3/t18-,19+,24+,25-/m0/s1. The second-order valence-electron chi connectivity index (χ2n) is 11.6. The van der Waals surface area contributed by atoms with Crippen molar-refractivity contribution in [3.05, 3.63) is 85.9 Å². The molecule has 1 fully saturated rings. The van der Waals surface area contributed by atoms with Gasteiger partial charge in [0.15, 0.2) is 23.1 Å². The third kappa shape index (κ3) is 4.88. The zero-order valence-electron chi connectivity index (χ0n) is 23.8. The van der Waals surface area contributed by atoms with Crippen molar-refractivity contribution in [2.75, 3.05) is 12.0 Å². The zero-order valence-corrected chi connectivity index (χ0v) is 25.4. The molecule has 0 spiro atoms. The third-order valence-corrected chi connectivity index (χ3v) is 9.45. The molecule has 4 aliphatic rings. The lowest BCUT2D eigenvalue weighted by molar-refractivity contribution is -0.143. The van der Waals surface area contributed by atoms with Crippen molar-refractivity contribution in [2.45, 2.75) is 38.0 Å². The number of methoxy groups -OCH3 is 1. The average molecular weight is 710 g/mol. The number of imide groups is 1. The summed E-state index contributed by atoms with van der Waals surface area (Å²) in [6, 6.07) is 3.54. The van der Waals surface area contributed by atoms with Gasteiger partial charge >= 0.3 is 12.4 Å². The summed E-state index contributed by atoms with van der Waals surface area (Å²) in [4.78, 5) is 54.9. The van der Waals surface area contributed by atoms with Crippen LogP contribution < -0.4 is 9.64 Å². The summed E-state index contributed by atoms with van der Waals surface area (Å²) < 4.78 is 87.6. The fraction of sp³-hybridized carbons (Fsp3) is 0.312. The van der Waals surface area contributed by atoms with Gasteiger partial charge in [0.05, 0.1) is 35.8 Å². The van der Waals surface area contributed by atoms with Gasteiger partial charge in [0.2, 0.25) is 11.8 Å². The van der Waals surface area contributed by atoms with Crippen LogP contribution in [0.5, 0.6) is 11.5 Å². The molecule has 0 aromatic heterocycles. The molecule has 2 aromatic rings. The molecular formula is C32H22BrF6NO6. The van der Waals surface area contributed by atoms with Gasteiger partial charge in [-0.05, 0) is 62.1 Å². The molecule has 46 heavy (non-hydrogen) atoms. The van der Waals surface area contributed by atoms with E-state index in [-0.39, 0.29) is 52.7 Å². The molecule has 4 atom stereocenters. The summed E-state index contributed by atoms with van der Waals surface area (Å²) in [6.45, 7) is 1.44. The number of rotatable bonds is 3. The molecule has 0 saturated carbocycles. The number of benzene rings is 2. The molecule has 0 unspecified atom stereocenters. The number of anilines is 1. The minimum atomic E-state index is -5.21. The van der Waals surface area contributed by atoms with Crippen molar-refractivity contribution >= 4 is 45.0 Å². The van der Waals surface area contributed by atoms with Crippen LogP contribution in [-0.4, -0.2) is 35.6 Å². The van der Waals surface area contributed by atoms with Crippen LogP contribution >= 0.6 is 15.9 Å². The van der Waals surface area contributed by atoms with E-state index in [1.807, 2.05) is 0 Å². The maximum atomic E-state index is 14.0. The highest BCUT2D eigenvalue weighted by Crippen LogP contribution is 2.57. The lowest BCUT2D eigenvalue weighted by Gasteiger charge is -2.42. The van der Waals surface area contributed by atoms with Gasteiger partial charge in [-0.2, -0.15) is 26.3 Å². The smallest absolute Gasteiger partial charge is 0.416 e. The quantitative estimate of drug-likeness (QED) is 0.162. The van der Waals surface area contributed by atoms with Gasteiger partial charge in [0, 0.05) is 32.7 Å². The number of hydrogen-bond donors (Lipinski definition) is 1. The van der Waals surface area contributed by atoms with Crippen molar-refractivity contribution in [1.82, 2.24) is 0 Å². The average Bonchev–Trinajstić information content (AvgIpc) is 3.24. The first-order chi connectivity index (χ1) is 21.4. The van der Waals surface area contributed by atoms with Crippen LogP contribution in [-0.2, 0) is 31.5 Å². The fourth-order valence-electron chi connectivity index (χ4n) is 7.03. The van der Waals surface area contributed by atoms with Crippen LogP contribution in [0.1, 0.15) is 42.4 Å². The van der Waals surface area contributed by atoms with E-state index < -0.39 is 76.2 Å². The van der Waals surface area contributed by atoms with Crippen LogP contribution in [0.4, 0.5) is 32.0 Å². The van der Waals surface area contributed by atoms with E-state index in [2.05, 4.69) is 15.9 Å². The minimum absolute atomic E-state index is 0.0348. The fourth-order valence-corrected chi connectivity index (χ4v) is 7.48. The molecule has 2 aromatic carbocycles. The summed E-state index contributed by atoms with van der Waals surface area (Å²) in [7, 11) is 1.31. The van der Waals surface area contributed by atoms with E-state index in [0.717, 1.165) is 0 Å². The first kappa shape index (κ1) is 31.8. The summed E-state index contributed by atoms with van der Waals surface area (Å²) in [5.74, 6) is -7.80. The second kappa shape index (κ2) is 10.7. The third-order valence-electron chi connectivity index (χ3n) is 8.99. The molecule has 14 heteroatoms. The molecule has 0 radical (unpaired) electrons. The number of halogens is 7. The number of ketones is 2. The molecule has 7 nitrogen and oxygen atoms in total. The highest BCUT2D eigenvalue weighted by atomic mass is 79.9. The Morgan fingerprint density at radius 3 is 2.13 bits per heavy atom. The van der Waals surface area contributed by atoms with Crippen LogP contribution in [0, 0.1) is 17.8 Å². The number of amides is 2. The second-order valence-corrected chi connectivity index (χ2v) is 12.5. The predicted molar refractivity (Wildman–Crippen MR) is 153 cm³/mol. The summed E-state index contributed by atoms with van der Waals surface area (Å²) in [5, 5.41) is 11.2. The van der Waals surface area contributed by atoms with Crippen molar-refractivity contribution in [1.29, 1.82) is 0 Å². The van der Waals surface area contributed by atoms with E-state index in [0.29, 0.717) is 27.1 Å². The van der Waals surface area contributed by atoms with Gasteiger partial charge in [-0.25, -0.2) is 4.90 Å². The normalized spacial score (nSPS) is 24.8. The maximum Gasteiger partial charge on any atom is 0.416 e. The number of nitrogens with zero attached hydrogens (tertiary/aromatic N) is 1. The van der Waals surface area contributed by atoms with E-state index in [4.69, 9.17) is 4.74 Å². The molecule has 1 N–H and O–H groups in total. The van der Waals surface area contributed by atoms with Crippen LogP contribution in [0.3, 0.4) is 0 Å². The van der Waals surface area contributed by atoms with E-state index >= 15 is 0 Å². The first-order valence-corrected chi connectivity index (χ1v) is 14.7. The van der Waals surface area contributed by atoms with E-state index in [1.54, 1.807) is 6.08 Å². The maximum absolute atomic E-state index is 14.0. The number of phenolic OH excluding ortho intramolecular Hbond substituents is 1. The number of aromatic hydroxyl groups is 1. The lowest BCUT2D eigenvalue weighted by atomic mass is 9.59. The highest BCUT2D eigenvalue weighted by molar-refractivity contribution is 9.10. The summed E-state index contributed by atoms with van der Waals surface area (Å²) >= 11 is 3.35. The largest absolute Gasteiger partial charge is 0.504 e. The molecule has 1 heterocycles. The van der Waals surface area contributed by atoms with Gasteiger partial charge < -0.3 is 9.84 Å². The van der Waals surface area contributed by atoms with E-state index in [9.17, 15) is 50.6 Å². The van der Waals surface area contributed by atoms with Gasteiger partial charge in [0.1, 0.15) is 0 Å². The predicted octanol–water partition coefficient (Wildman–Crippen LogP) is 6.84. The Morgan fingerprint density at radius 1 is 0.913 bits per heavy atom. The first-order valence-electron chi connectivity index (χ1n) is 13.9. The van der Waals surface area contributed by atoms with Gasteiger partial charge in [0.25, 0.3) is 0 Å². The molecule has 1 saturated heterocycles. The van der Waals surface area contributed by atoms with Gasteiger partial charge in [-0.3, -0.25) is 19.2 Å². The molecule has 240 valence electrons. The zero-order chi connectivity index (χ0) is 33.6. The Balaban J connectivity index is 1.51. The number of phenols is 1.